The zero-order valence-corrected chi connectivity index (χ0v) is 20.2. The van der Waals surface area contributed by atoms with Crippen molar-refractivity contribution < 1.29 is 19.8 Å². The largest absolute Gasteiger partial charge is 0.505 e. The number of phenolic OH excluding ortho intramolecular Hbond substituents is 1. The number of para-hydroxylation sites is 2. The summed E-state index contributed by atoms with van der Waals surface area (Å²) in [6, 6.07) is 26.8. The smallest absolute Gasteiger partial charge is 0.335 e. The highest BCUT2D eigenvalue weighted by molar-refractivity contribution is 6.55. The fourth-order valence-corrected chi connectivity index (χ4v) is 4.44. The first-order valence-corrected chi connectivity index (χ1v) is 12.0. The molecular formula is C30H25N3O4. The van der Waals surface area contributed by atoms with Gasteiger partial charge in [-0.3, -0.25) is 15.1 Å². The van der Waals surface area contributed by atoms with Gasteiger partial charge in [0.2, 0.25) is 0 Å². The van der Waals surface area contributed by atoms with Crippen molar-refractivity contribution in [2.24, 2.45) is 5.10 Å². The summed E-state index contributed by atoms with van der Waals surface area (Å²) < 4.78 is 0. The Hall–Kier alpha value is -4.91. The minimum atomic E-state index is -1.02. The maximum Gasteiger partial charge on any atom is 0.335 e. The number of nitrogens with zero attached hydrogens (tertiary/aromatic N) is 2. The maximum absolute atomic E-state index is 13.5. The number of phenols is 1. The average molecular weight is 492 g/mol. The van der Waals surface area contributed by atoms with E-state index in [1.54, 1.807) is 35.2 Å². The number of carbonyl (C=O) groups is 2. The molecule has 0 aliphatic carbocycles. The fraction of sp³-hybridized carbons (Fsp3) is 0.100. The predicted molar refractivity (Wildman–Crippen MR) is 145 cm³/mol. The molecule has 0 saturated heterocycles. The Morgan fingerprint density at radius 3 is 2.30 bits per heavy atom. The van der Waals surface area contributed by atoms with Crippen molar-refractivity contribution in [1.29, 1.82) is 0 Å². The molecular weight excluding hydrogens is 466 g/mol. The lowest BCUT2D eigenvalue weighted by atomic mass is 10.0. The van der Waals surface area contributed by atoms with Crippen LogP contribution in [0.2, 0.25) is 0 Å². The Labute approximate surface area is 214 Å². The molecule has 1 aliphatic rings. The van der Waals surface area contributed by atoms with Crippen molar-refractivity contribution in [2.45, 2.75) is 19.8 Å². The van der Waals surface area contributed by atoms with Gasteiger partial charge in [-0.15, -0.1) is 0 Å². The van der Waals surface area contributed by atoms with E-state index in [0.29, 0.717) is 22.4 Å². The SMILES string of the molecule is CCCc1ccc(N2C(=O)C(=NNc3cccc(-c4ccc(C(=O)O)cc4)c3O)c3ccccc32)cc1. The zero-order chi connectivity index (χ0) is 25.9. The molecule has 7 nitrogen and oxygen atoms in total. The number of carbonyl (C=O) groups excluding carboxylic acids is 1. The van der Waals surface area contributed by atoms with Crippen molar-refractivity contribution in [3.05, 3.63) is 108 Å². The minimum Gasteiger partial charge on any atom is -0.505 e. The number of hydrazone groups is 1. The van der Waals surface area contributed by atoms with Crippen molar-refractivity contribution in [3.8, 4) is 16.9 Å². The van der Waals surface area contributed by atoms with Gasteiger partial charge in [0.15, 0.2) is 5.71 Å². The number of amides is 1. The molecule has 0 aromatic heterocycles. The zero-order valence-electron chi connectivity index (χ0n) is 20.2. The molecule has 4 aromatic carbocycles. The number of fused-ring (bicyclic) bond motifs is 1. The molecule has 7 heteroatoms. The number of aryl methyl sites for hydroxylation is 1. The predicted octanol–water partition coefficient (Wildman–Crippen LogP) is 6.20. The third-order valence-electron chi connectivity index (χ3n) is 6.31. The van der Waals surface area contributed by atoms with E-state index in [4.69, 9.17) is 5.11 Å². The molecule has 4 aromatic rings. The summed E-state index contributed by atoms with van der Waals surface area (Å²) in [6.45, 7) is 2.13. The molecule has 37 heavy (non-hydrogen) atoms. The monoisotopic (exact) mass is 491 g/mol. The Bertz CT molecular complexity index is 1510. The van der Waals surface area contributed by atoms with Crippen LogP contribution >= 0.6 is 0 Å². The lowest BCUT2D eigenvalue weighted by Crippen LogP contribution is -2.26. The van der Waals surface area contributed by atoms with E-state index in [2.05, 4.69) is 17.5 Å². The number of rotatable bonds is 7. The summed E-state index contributed by atoms with van der Waals surface area (Å²) in [4.78, 5) is 26.3. The van der Waals surface area contributed by atoms with Gasteiger partial charge in [-0.25, -0.2) is 4.79 Å². The van der Waals surface area contributed by atoms with Gasteiger partial charge >= 0.3 is 5.97 Å². The number of benzene rings is 4. The van der Waals surface area contributed by atoms with Crippen LogP contribution in [0.3, 0.4) is 0 Å². The number of carboxylic acid groups (broad SMARTS) is 1. The number of nitrogens with one attached hydrogen (secondary N) is 1. The van der Waals surface area contributed by atoms with Crippen LogP contribution in [0.25, 0.3) is 11.1 Å². The van der Waals surface area contributed by atoms with Gasteiger partial charge in [0.1, 0.15) is 5.75 Å². The number of aromatic carboxylic acids is 1. The van der Waals surface area contributed by atoms with E-state index in [9.17, 15) is 14.7 Å². The normalized spacial score (nSPS) is 13.6. The molecule has 0 spiro atoms. The van der Waals surface area contributed by atoms with E-state index >= 15 is 0 Å². The quantitative estimate of drug-likeness (QED) is 0.211. The van der Waals surface area contributed by atoms with Gasteiger partial charge in [-0.05, 0) is 53.9 Å². The highest BCUT2D eigenvalue weighted by atomic mass is 16.4. The van der Waals surface area contributed by atoms with Gasteiger partial charge in [0.05, 0.1) is 16.9 Å². The highest BCUT2D eigenvalue weighted by Gasteiger charge is 2.35. The fourth-order valence-electron chi connectivity index (χ4n) is 4.44. The molecule has 0 fully saturated rings. The van der Waals surface area contributed by atoms with Crippen LogP contribution in [0.4, 0.5) is 17.1 Å². The van der Waals surface area contributed by atoms with Crippen LogP contribution in [0.15, 0.2) is 96.1 Å². The van der Waals surface area contributed by atoms with E-state index in [1.807, 2.05) is 48.5 Å². The third-order valence-corrected chi connectivity index (χ3v) is 6.31. The maximum atomic E-state index is 13.5. The summed E-state index contributed by atoms with van der Waals surface area (Å²) in [5.41, 5.74) is 8.15. The first kappa shape index (κ1) is 23.8. The number of aromatic hydroxyl groups is 1. The second-order valence-electron chi connectivity index (χ2n) is 8.73. The van der Waals surface area contributed by atoms with E-state index in [1.165, 1.54) is 17.7 Å². The van der Waals surface area contributed by atoms with Gasteiger partial charge in [-0.2, -0.15) is 5.10 Å². The molecule has 1 amide bonds. The Kier molecular flexibility index (Phi) is 6.43. The van der Waals surface area contributed by atoms with Crippen molar-refractivity contribution in [1.82, 2.24) is 0 Å². The van der Waals surface area contributed by atoms with Crippen molar-refractivity contribution in [2.75, 3.05) is 10.3 Å². The molecule has 0 saturated carbocycles. The van der Waals surface area contributed by atoms with Crippen LogP contribution in [-0.2, 0) is 11.2 Å². The van der Waals surface area contributed by atoms with Crippen LogP contribution in [0.5, 0.6) is 5.75 Å². The minimum absolute atomic E-state index is 0.0583. The van der Waals surface area contributed by atoms with Gasteiger partial charge < -0.3 is 10.2 Å². The molecule has 0 bridgehead atoms. The average Bonchev–Trinajstić information content (AvgIpc) is 3.20. The molecule has 0 atom stereocenters. The van der Waals surface area contributed by atoms with Crippen LogP contribution in [-0.4, -0.2) is 27.8 Å². The van der Waals surface area contributed by atoms with Crippen LogP contribution < -0.4 is 10.3 Å². The first-order chi connectivity index (χ1) is 18.0. The first-order valence-electron chi connectivity index (χ1n) is 12.0. The Morgan fingerprint density at radius 1 is 0.892 bits per heavy atom. The topological polar surface area (TPSA) is 102 Å². The summed E-state index contributed by atoms with van der Waals surface area (Å²) in [7, 11) is 0. The lowest BCUT2D eigenvalue weighted by molar-refractivity contribution is -0.111. The molecule has 0 radical (unpaired) electrons. The Balaban J connectivity index is 1.45. The molecule has 3 N–H and O–H groups in total. The van der Waals surface area contributed by atoms with E-state index in [0.717, 1.165) is 24.2 Å². The lowest BCUT2D eigenvalue weighted by Gasteiger charge is -2.17. The number of hydrogen-bond acceptors (Lipinski definition) is 5. The van der Waals surface area contributed by atoms with Crippen molar-refractivity contribution in [3.63, 3.8) is 0 Å². The summed E-state index contributed by atoms with van der Waals surface area (Å²) in [5.74, 6) is -1.34. The third kappa shape index (κ3) is 4.54. The van der Waals surface area contributed by atoms with Crippen LogP contribution in [0.1, 0.15) is 34.8 Å². The summed E-state index contributed by atoms with van der Waals surface area (Å²) >= 11 is 0. The van der Waals surface area contributed by atoms with Crippen LogP contribution in [0, 0.1) is 0 Å². The molecule has 0 unspecified atom stereocenters. The number of anilines is 3. The van der Waals surface area contributed by atoms with E-state index in [-0.39, 0.29) is 22.9 Å². The number of carboxylic acids is 1. The van der Waals surface area contributed by atoms with Crippen molar-refractivity contribution >= 4 is 34.7 Å². The molecule has 1 heterocycles. The second kappa shape index (κ2) is 9.99. The Morgan fingerprint density at radius 2 is 1.59 bits per heavy atom. The summed E-state index contributed by atoms with van der Waals surface area (Å²) in [5, 5.41) is 24.5. The van der Waals surface area contributed by atoms with Gasteiger partial charge in [-0.1, -0.05) is 67.9 Å². The molecule has 1 aliphatic heterocycles. The van der Waals surface area contributed by atoms with E-state index < -0.39 is 5.97 Å². The molecule has 184 valence electrons. The van der Waals surface area contributed by atoms with Gasteiger partial charge in [0.25, 0.3) is 5.91 Å². The number of hydrogen-bond donors (Lipinski definition) is 3. The summed E-state index contributed by atoms with van der Waals surface area (Å²) in [6.07, 6.45) is 2.03. The standard InChI is InChI=1S/C30H25N3O4/c1-2-6-19-11-17-22(18-12-19)33-26-10-4-3-7-24(26)27(29(33)35)32-31-25-9-5-8-23(28(25)34)20-13-15-21(16-14-20)30(36)37/h3-5,7-18,31,34H,2,6H2,1H3,(H,36,37). The molecule has 5 rings (SSSR count). The highest BCUT2D eigenvalue weighted by Crippen LogP contribution is 2.38. The second-order valence-corrected chi connectivity index (χ2v) is 8.73. The van der Waals surface area contributed by atoms with Gasteiger partial charge in [0, 0.05) is 16.8 Å².